The molecule has 0 saturated heterocycles. The Morgan fingerprint density at radius 1 is 0.488 bits per heavy atom. The fourth-order valence-corrected chi connectivity index (χ4v) is 9.79. The van der Waals surface area contributed by atoms with Crippen molar-refractivity contribution in [3.63, 3.8) is 0 Å². The Morgan fingerprint density at radius 3 is 1.27 bits per heavy atom. The Balaban J connectivity index is 1.31. The van der Waals surface area contributed by atoms with Crippen LogP contribution in [0.4, 0.5) is 0 Å². The summed E-state index contributed by atoms with van der Waals surface area (Å²) in [5.41, 5.74) is 8.43. The van der Waals surface area contributed by atoms with E-state index in [0.717, 1.165) is 0 Å². The first-order valence-electron chi connectivity index (χ1n) is 15.0. The van der Waals surface area contributed by atoms with E-state index in [1.807, 2.05) is 0 Å². The number of nitrogens with zero attached hydrogens (tertiary/aromatic N) is 2. The molecule has 4 aromatic carbocycles. The van der Waals surface area contributed by atoms with Gasteiger partial charge < -0.3 is 8.80 Å². The van der Waals surface area contributed by atoms with Crippen LogP contribution in [0.15, 0.2) is 85.2 Å². The minimum atomic E-state index is -1.97. The Bertz CT molecular complexity index is 2130. The second-order valence-corrected chi connectivity index (χ2v) is 19.2. The van der Waals surface area contributed by atoms with Crippen LogP contribution in [0.1, 0.15) is 52.7 Å². The van der Waals surface area contributed by atoms with Gasteiger partial charge in [-0.25, -0.2) is 0 Å². The number of hydrogen-bond acceptors (Lipinski definition) is 0. The molecule has 4 aromatic heterocycles. The SMILES string of the molecule is CC(C)(C)c1cn2c3ccc([Si](C)(C)c4ccc5c(c4)c4cccc6c(C(C)(C)C)cn5c64)cc3c3cccc1c32. The van der Waals surface area contributed by atoms with Crippen molar-refractivity contribution in [2.45, 2.75) is 65.5 Å². The normalized spacial score (nSPS) is 13.9. The van der Waals surface area contributed by atoms with Crippen molar-refractivity contribution < 1.29 is 0 Å². The zero-order valence-corrected chi connectivity index (χ0v) is 26.5. The van der Waals surface area contributed by atoms with Crippen LogP contribution in [-0.4, -0.2) is 16.9 Å². The summed E-state index contributed by atoms with van der Waals surface area (Å²) < 4.78 is 4.88. The molecule has 4 heterocycles. The van der Waals surface area contributed by atoms with E-state index in [1.165, 1.54) is 75.9 Å². The summed E-state index contributed by atoms with van der Waals surface area (Å²) in [6.45, 7) is 18.9. The standard InChI is InChI=1S/C38H38N2Si/c1-37(2,3)31-21-39-33-17-15-23(19-29(33)25-11-9-13-27(31)35(25)39)41(7,8)24-16-18-34-30(20-24)26-12-10-14-28-32(38(4,5)6)22-40(34)36(26)28/h9-22H,1-8H3. The van der Waals surface area contributed by atoms with Crippen LogP contribution in [0, 0.1) is 0 Å². The second-order valence-electron chi connectivity index (χ2n) is 14.8. The molecule has 0 bridgehead atoms. The minimum absolute atomic E-state index is 0.113. The Hall–Kier alpha value is -3.82. The van der Waals surface area contributed by atoms with Crippen LogP contribution in [0.2, 0.25) is 13.1 Å². The second kappa shape index (κ2) is 7.71. The number of para-hydroxylation sites is 2. The Labute approximate surface area is 242 Å². The van der Waals surface area contributed by atoms with Gasteiger partial charge in [0.1, 0.15) is 8.07 Å². The molecule has 8 aromatic rings. The van der Waals surface area contributed by atoms with E-state index in [4.69, 9.17) is 0 Å². The molecule has 41 heavy (non-hydrogen) atoms. The van der Waals surface area contributed by atoms with E-state index in [-0.39, 0.29) is 10.8 Å². The monoisotopic (exact) mass is 550 g/mol. The van der Waals surface area contributed by atoms with Gasteiger partial charge in [-0.1, -0.05) is 126 Å². The lowest BCUT2D eigenvalue weighted by Crippen LogP contribution is -2.52. The van der Waals surface area contributed by atoms with Crippen LogP contribution in [-0.2, 0) is 10.8 Å². The first-order chi connectivity index (χ1) is 19.4. The molecule has 0 atom stereocenters. The van der Waals surface area contributed by atoms with Gasteiger partial charge in [0.05, 0.1) is 22.1 Å². The number of aromatic nitrogens is 2. The first-order valence-corrected chi connectivity index (χ1v) is 18.0. The minimum Gasteiger partial charge on any atom is -0.315 e. The number of rotatable bonds is 2. The van der Waals surface area contributed by atoms with Crippen molar-refractivity contribution in [2.75, 3.05) is 0 Å². The predicted octanol–water partition coefficient (Wildman–Crippen LogP) is 9.10. The van der Waals surface area contributed by atoms with Crippen molar-refractivity contribution in [2.24, 2.45) is 0 Å². The third kappa shape index (κ3) is 3.24. The molecule has 0 unspecified atom stereocenters. The molecule has 0 aliphatic heterocycles. The zero-order valence-electron chi connectivity index (χ0n) is 25.5. The van der Waals surface area contributed by atoms with Gasteiger partial charge in [0, 0.05) is 44.7 Å². The van der Waals surface area contributed by atoms with Crippen molar-refractivity contribution in [3.05, 3.63) is 96.3 Å². The van der Waals surface area contributed by atoms with Crippen LogP contribution >= 0.6 is 0 Å². The van der Waals surface area contributed by atoms with E-state index in [0.29, 0.717) is 0 Å². The van der Waals surface area contributed by atoms with Gasteiger partial charge in [-0.2, -0.15) is 0 Å². The van der Waals surface area contributed by atoms with Crippen molar-refractivity contribution >= 4 is 72.8 Å². The lowest BCUT2D eigenvalue weighted by atomic mass is 9.86. The summed E-state index contributed by atoms with van der Waals surface area (Å²) in [6, 6.07) is 28.3. The third-order valence-electron chi connectivity index (χ3n) is 9.80. The third-order valence-corrected chi connectivity index (χ3v) is 13.3. The molecule has 8 rings (SSSR count). The largest absolute Gasteiger partial charge is 0.315 e. The number of benzene rings is 4. The molecule has 0 N–H and O–H groups in total. The van der Waals surface area contributed by atoms with Gasteiger partial charge in [0.15, 0.2) is 0 Å². The highest BCUT2D eigenvalue weighted by Crippen LogP contribution is 2.40. The molecule has 3 heteroatoms. The lowest BCUT2D eigenvalue weighted by Gasteiger charge is -2.24. The molecular formula is C38H38N2Si. The smallest absolute Gasteiger partial charge is 0.112 e. The van der Waals surface area contributed by atoms with Crippen molar-refractivity contribution in [1.29, 1.82) is 0 Å². The average Bonchev–Trinajstić information content (AvgIpc) is 3.66. The highest BCUT2D eigenvalue weighted by molar-refractivity contribution is 7.00. The van der Waals surface area contributed by atoms with Gasteiger partial charge in [-0.3, -0.25) is 0 Å². The van der Waals surface area contributed by atoms with Gasteiger partial charge in [-0.15, -0.1) is 0 Å². The fourth-order valence-electron chi connectivity index (χ4n) is 7.45. The molecule has 0 spiro atoms. The van der Waals surface area contributed by atoms with Crippen LogP contribution in [0.3, 0.4) is 0 Å². The molecular weight excluding hydrogens is 513 g/mol. The van der Waals surface area contributed by atoms with Gasteiger partial charge >= 0.3 is 0 Å². The predicted molar refractivity (Wildman–Crippen MR) is 181 cm³/mol. The van der Waals surface area contributed by atoms with Crippen molar-refractivity contribution in [1.82, 2.24) is 8.80 Å². The van der Waals surface area contributed by atoms with E-state index < -0.39 is 8.07 Å². The summed E-state index contributed by atoms with van der Waals surface area (Å²) in [4.78, 5) is 0. The molecule has 0 aliphatic carbocycles. The summed E-state index contributed by atoms with van der Waals surface area (Å²) in [7, 11) is -1.97. The molecule has 0 saturated carbocycles. The lowest BCUT2D eigenvalue weighted by molar-refractivity contribution is 0.595. The molecule has 0 aliphatic rings. The average molecular weight is 551 g/mol. The van der Waals surface area contributed by atoms with Gasteiger partial charge in [-0.05, 0) is 34.1 Å². The quantitative estimate of drug-likeness (QED) is 0.190. The summed E-state index contributed by atoms with van der Waals surface area (Å²) in [5, 5.41) is 11.2. The van der Waals surface area contributed by atoms with E-state index >= 15 is 0 Å². The highest BCUT2D eigenvalue weighted by Gasteiger charge is 2.30. The van der Waals surface area contributed by atoms with Crippen LogP contribution < -0.4 is 10.4 Å². The topological polar surface area (TPSA) is 8.82 Å². The maximum absolute atomic E-state index is 2.51. The summed E-state index contributed by atoms with van der Waals surface area (Å²) in [5.74, 6) is 0. The maximum atomic E-state index is 2.51. The summed E-state index contributed by atoms with van der Waals surface area (Å²) in [6.07, 6.45) is 4.76. The van der Waals surface area contributed by atoms with Crippen molar-refractivity contribution in [3.8, 4) is 0 Å². The zero-order chi connectivity index (χ0) is 28.6. The molecule has 2 nitrogen and oxygen atoms in total. The molecule has 204 valence electrons. The van der Waals surface area contributed by atoms with E-state index in [2.05, 4.69) is 149 Å². The van der Waals surface area contributed by atoms with E-state index in [1.54, 1.807) is 0 Å². The highest BCUT2D eigenvalue weighted by atomic mass is 28.3. The maximum Gasteiger partial charge on any atom is 0.112 e. The molecule has 0 amide bonds. The summed E-state index contributed by atoms with van der Waals surface area (Å²) >= 11 is 0. The Kier molecular flexibility index (Phi) is 4.69. The number of fused-ring (bicyclic) bond motifs is 6. The van der Waals surface area contributed by atoms with Gasteiger partial charge in [0.2, 0.25) is 0 Å². The van der Waals surface area contributed by atoms with Crippen LogP contribution in [0.5, 0.6) is 0 Å². The fraction of sp³-hybridized carbons (Fsp3) is 0.263. The van der Waals surface area contributed by atoms with Gasteiger partial charge in [0.25, 0.3) is 0 Å². The molecule has 0 fully saturated rings. The Morgan fingerprint density at radius 2 is 0.878 bits per heavy atom. The first kappa shape index (κ1) is 24.9. The molecule has 0 radical (unpaired) electrons. The van der Waals surface area contributed by atoms with E-state index in [9.17, 15) is 0 Å². The number of hydrogen-bond donors (Lipinski definition) is 0. The van der Waals surface area contributed by atoms with Crippen LogP contribution in [0.25, 0.3) is 54.4 Å².